The Bertz CT molecular complexity index is 528. The highest BCUT2D eigenvalue weighted by Crippen LogP contribution is 2.34. The van der Waals surface area contributed by atoms with Crippen LogP contribution in [-0.2, 0) is 12.6 Å². The Balaban J connectivity index is 2.41. The van der Waals surface area contributed by atoms with Crippen LogP contribution in [0.5, 0.6) is 0 Å². The van der Waals surface area contributed by atoms with Gasteiger partial charge in [-0.2, -0.15) is 13.2 Å². The first-order chi connectivity index (χ1) is 7.86. The molecule has 2 aromatic rings. The summed E-state index contributed by atoms with van der Waals surface area (Å²) in [6.07, 6.45) is -4.31. The number of rotatable bonds is 2. The van der Waals surface area contributed by atoms with Gasteiger partial charge in [-0.3, -0.25) is 0 Å². The summed E-state index contributed by atoms with van der Waals surface area (Å²) in [4.78, 5) is 0.898. The van der Waals surface area contributed by atoms with Crippen molar-refractivity contribution in [1.29, 1.82) is 0 Å². The van der Waals surface area contributed by atoms with E-state index in [9.17, 15) is 18.3 Å². The molecule has 0 aliphatic rings. The zero-order valence-electron chi connectivity index (χ0n) is 9.08. The first-order valence-electron chi connectivity index (χ1n) is 5.14. The van der Waals surface area contributed by atoms with Crippen LogP contribution in [0.25, 0.3) is 10.1 Å². The molecule has 0 saturated carbocycles. The van der Waals surface area contributed by atoms with Crippen molar-refractivity contribution < 1.29 is 18.3 Å². The lowest BCUT2D eigenvalue weighted by atomic mass is 10.1. The molecule has 2 rings (SSSR count). The van der Waals surface area contributed by atoms with E-state index in [4.69, 9.17) is 0 Å². The van der Waals surface area contributed by atoms with E-state index in [0.29, 0.717) is 11.8 Å². The molecule has 1 aromatic heterocycles. The second-order valence-corrected chi connectivity index (χ2v) is 5.18. The van der Waals surface area contributed by atoms with Gasteiger partial charge in [0.05, 0.1) is 11.7 Å². The number of aliphatic hydroxyl groups excluding tert-OH is 1. The molecule has 0 radical (unpaired) electrons. The summed E-state index contributed by atoms with van der Waals surface area (Å²) in [6, 6.07) is 5.43. The van der Waals surface area contributed by atoms with Crippen molar-refractivity contribution in [3.05, 3.63) is 34.7 Å². The van der Waals surface area contributed by atoms with Gasteiger partial charge in [0.15, 0.2) is 0 Å². The van der Waals surface area contributed by atoms with Crippen molar-refractivity contribution in [2.24, 2.45) is 0 Å². The van der Waals surface area contributed by atoms with Crippen molar-refractivity contribution in [3.8, 4) is 0 Å². The minimum Gasteiger partial charge on any atom is -0.393 e. The lowest BCUT2D eigenvalue weighted by Gasteiger charge is -2.05. The molecule has 1 atom stereocenters. The minimum absolute atomic E-state index is 0.473. The van der Waals surface area contributed by atoms with Crippen molar-refractivity contribution in [3.63, 3.8) is 0 Å². The highest BCUT2D eigenvalue weighted by Gasteiger charge is 2.30. The first-order valence-corrected chi connectivity index (χ1v) is 5.95. The Morgan fingerprint density at radius 3 is 2.59 bits per heavy atom. The molecule has 1 aromatic carbocycles. The highest BCUT2D eigenvalue weighted by atomic mass is 32.1. The van der Waals surface area contributed by atoms with Crippen LogP contribution < -0.4 is 0 Å². The van der Waals surface area contributed by atoms with Gasteiger partial charge in [-0.05, 0) is 36.6 Å². The normalized spacial score (nSPS) is 14.2. The van der Waals surface area contributed by atoms with Crippen LogP contribution in [0.1, 0.15) is 17.4 Å². The molecular weight excluding hydrogens is 249 g/mol. The average molecular weight is 260 g/mol. The van der Waals surface area contributed by atoms with Crippen molar-refractivity contribution in [1.82, 2.24) is 0 Å². The summed E-state index contributed by atoms with van der Waals surface area (Å²) < 4.78 is 38.3. The Kier molecular flexibility index (Phi) is 3.14. The zero-order chi connectivity index (χ0) is 12.6. The van der Waals surface area contributed by atoms with Gasteiger partial charge in [-0.15, -0.1) is 11.3 Å². The molecule has 0 fully saturated rings. The monoisotopic (exact) mass is 260 g/mol. The van der Waals surface area contributed by atoms with Crippen molar-refractivity contribution >= 4 is 21.4 Å². The number of fused-ring (bicyclic) bond motifs is 1. The topological polar surface area (TPSA) is 20.2 Å². The van der Waals surface area contributed by atoms with Gasteiger partial charge in [-0.1, -0.05) is 0 Å². The third-order valence-electron chi connectivity index (χ3n) is 2.39. The summed E-state index contributed by atoms with van der Waals surface area (Å²) >= 11 is 1.42. The van der Waals surface area contributed by atoms with Crippen LogP contribution in [0.15, 0.2) is 24.3 Å². The average Bonchev–Trinajstić information content (AvgIpc) is 2.55. The van der Waals surface area contributed by atoms with E-state index in [0.717, 1.165) is 21.7 Å². The van der Waals surface area contributed by atoms with Crippen LogP contribution in [0.2, 0.25) is 0 Å². The molecule has 92 valence electrons. The van der Waals surface area contributed by atoms with Crippen LogP contribution in [0.4, 0.5) is 13.2 Å². The quantitative estimate of drug-likeness (QED) is 0.869. The molecular formula is C12H11F3OS. The molecule has 1 N–H and O–H groups in total. The van der Waals surface area contributed by atoms with Gasteiger partial charge < -0.3 is 5.11 Å². The maximum absolute atomic E-state index is 12.5. The van der Waals surface area contributed by atoms with E-state index in [1.807, 2.05) is 0 Å². The van der Waals surface area contributed by atoms with Crippen LogP contribution in [0.3, 0.4) is 0 Å². The highest BCUT2D eigenvalue weighted by molar-refractivity contribution is 7.19. The second kappa shape index (κ2) is 4.31. The largest absolute Gasteiger partial charge is 0.416 e. The second-order valence-electron chi connectivity index (χ2n) is 4.02. The summed E-state index contributed by atoms with van der Waals surface area (Å²) in [5.74, 6) is 0. The number of alkyl halides is 3. The van der Waals surface area contributed by atoms with Gasteiger partial charge in [0.2, 0.25) is 0 Å². The van der Waals surface area contributed by atoms with Crippen molar-refractivity contribution in [2.45, 2.75) is 25.6 Å². The molecule has 0 spiro atoms. The van der Waals surface area contributed by atoms with Crippen LogP contribution in [-0.4, -0.2) is 11.2 Å². The number of thiophene rings is 1. The SMILES string of the molecule is CC(O)Cc1cc2cc(C(F)(F)F)ccc2s1. The standard InChI is InChI=1S/C12H11F3OS/c1-7(16)4-10-6-8-5-9(12(13,14)15)2-3-11(8)17-10/h2-3,5-7,16H,4H2,1H3. The first kappa shape index (κ1) is 12.4. The third kappa shape index (κ3) is 2.79. The molecule has 0 aliphatic carbocycles. The molecule has 1 nitrogen and oxygen atoms in total. The number of hydrogen-bond acceptors (Lipinski definition) is 2. The molecule has 17 heavy (non-hydrogen) atoms. The fraction of sp³-hybridized carbons (Fsp3) is 0.333. The summed E-state index contributed by atoms with van der Waals surface area (Å²) in [7, 11) is 0. The van der Waals surface area contributed by atoms with E-state index in [1.165, 1.54) is 17.4 Å². The maximum atomic E-state index is 12.5. The predicted molar refractivity (Wildman–Crippen MR) is 62.2 cm³/mol. The van der Waals surface area contributed by atoms with E-state index in [1.54, 1.807) is 13.0 Å². The molecule has 1 heterocycles. The fourth-order valence-electron chi connectivity index (χ4n) is 1.67. The van der Waals surface area contributed by atoms with Gasteiger partial charge in [-0.25, -0.2) is 0 Å². The Hall–Kier alpha value is -1.07. The molecule has 1 unspecified atom stereocenters. The lowest BCUT2D eigenvalue weighted by Crippen LogP contribution is -2.03. The van der Waals surface area contributed by atoms with Gasteiger partial charge in [0, 0.05) is 16.0 Å². The summed E-state index contributed by atoms with van der Waals surface area (Å²) in [6.45, 7) is 1.66. The Morgan fingerprint density at radius 2 is 2.00 bits per heavy atom. The van der Waals surface area contributed by atoms with Gasteiger partial charge >= 0.3 is 6.18 Å². The molecule has 0 bridgehead atoms. The van der Waals surface area contributed by atoms with Crippen molar-refractivity contribution in [2.75, 3.05) is 0 Å². The zero-order valence-corrected chi connectivity index (χ0v) is 9.90. The van der Waals surface area contributed by atoms with Crippen LogP contribution in [0, 0.1) is 0 Å². The third-order valence-corrected chi connectivity index (χ3v) is 3.53. The number of halogens is 3. The van der Waals surface area contributed by atoms with E-state index < -0.39 is 17.8 Å². The Morgan fingerprint density at radius 1 is 1.29 bits per heavy atom. The number of aliphatic hydroxyl groups is 1. The summed E-state index contributed by atoms with van der Waals surface area (Å²) in [5.41, 5.74) is -0.633. The van der Waals surface area contributed by atoms with Crippen LogP contribution >= 0.6 is 11.3 Å². The number of benzene rings is 1. The lowest BCUT2D eigenvalue weighted by molar-refractivity contribution is -0.137. The maximum Gasteiger partial charge on any atom is 0.416 e. The minimum atomic E-state index is -4.30. The Labute approximate surface area is 101 Å². The van der Waals surface area contributed by atoms with Gasteiger partial charge in [0.25, 0.3) is 0 Å². The molecule has 0 aliphatic heterocycles. The fourth-order valence-corrected chi connectivity index (χ4v) is 2.83. The molecule has 5 heteroatoms. The van der Waals surface area contributed by atoms with Gasteiger partial charge in [0.1, 0.15) is 0 Å². The van der Waals surface area contributed by atoms with E-state index in [2.05, 4.69) is 0 Å². The van der Waals surface area contributed by atoms with E-state index in [-0.39, 0.29) is 0 Å². The smallest absolute Gasteiger partial charge is 0.393 e. The molecule has 0 saturated heterocycles. The number of hydrogen-bond donors (Lipinski definition) is 1. The summed E-state index contributed by atoms with van der Waals surface area (Å²) in [5, 5.41) is 9.83. The van der Waals surface area contributed by atoms with E-state index >= 15 is 0 Å². The predicted octanol–water partition coefficient (Wildman–Crippen LogP) is 3.84. The molecule has 0 amide bonds.